The van der Waals surface area contributed by atoms with Gasteiger partial charge >= 0.3 is 0 Å². The molecule has 0 saturated carbocycles. The van der Waals surface area contributed by atoms with Crippen LogP contribution in [0.15, 0.2) is 54.8 Å². The quantitative estimate of drug-likeness (QED) is 0.130. The number of benzene rings is 5. The van der Waals surface area contributed by atoms with E-state index in [9.17, 15) is 0 Å². The number of hydrogen-bond donors (Lipinski definition) is 0. The first-order valence-corrected chi connectivity index (χ1v) is 20.3. The van der Waals surface area contributed by atoms with Gasteiger partial charge in [-0.1, -0.05) is 104 Å². The van der Waals surface area contributed by atoms with Crippen LogP contribution in [-0.4, -0.2) is 23.7 Å². The number of rotatable bonds is 5. The second kappa shape index (κ2) is 10.8. The highest BCUT2D eigenvalue weighted by Crippen LogP contribution is 2.59. The van der Waals surface area contributed by atoms with Gasteiger partial charge in [0.05, 0.1) is 0 Å². The Labute approximate surface area is 293 Å². The van der Waals surface area contributed by atoms with Gasteiger partial charge in [0.2, 0.25) is 0 Å². The van der Waals surface area contributed by atoms with Crippen molar-refractivity contribution in [3.63, 3.8) is 0 Å². The highest BCUT2D eigenvalue weighted by atomic mass is 32.2. The zero-order valence-electron chi connectivity index (χ0n) is 29.9. The molecule has 0 nitrogen and oxygen atoms in total. The van der Waals surface area contributed by atoms with Gasteiger partial charge in [0.15, 0.2) is 0 Å². The van der Waals surface area contributed by atoms with E-state index >= 15 is 0 Å². The molecule has 45 heavy (non-hydrogen) atoms. The van der Waals surface area contributed by atoms with Gasteiger partial charge in [-0.25, -0.2) is 0 Å². The van der Waals surface area contributed by atoms with Crippen molar-refractivity contribution in [3.05, 3.63) is 30.3 Å². The highest BCUT2D eigenvalue weighted by Gasteiger charge is 2.31. The molecule has 0 aliphatic carbocycles. The Bertz CT molecular complexity index is 1660. The van der Waals surface area contributed by atoms with E-state index in [1.54, 1.807) is 0 Å². The van der Waals surface area contributed by atoms with E-state index in [4.69, 9.17) is 0 Å². The second-order valence-corrected chi connectivity index (χ2v) is 26.9. The zero-order valence-corrected chi connectivity index (χ0v) is 34.0. The molecule has 0 heterocycles. The molecular formula is C40H50S5. The maximum Gasteiger partial charge on any atom is 0.0163 e. The van der Waals surface area contributed by atoms with Crippen molar-refractivity contribution < 1.29 is 0 Å². The van der Waals surface area contributed by atoms with E-state index in [0.29, 0.717) is 0 Å². The van der Waals surface area contributed by atoms with Crippen molar-refractivity contribution in [2.24, 2.45) is 0 Å². The van der Waals surface area contributed by atoms with Crippen LogP contribution < -0.4 is 0 Å². The van der Waals surface area contributed by atoms with Crippen LogP contribution in [0.5, 0.6) is 0 Å². The molecule has 0 aliphatic heterocycles. The summed E-state index contributed by atoms with van der Waals surface area (Å²) < 4.78 is 0.527. The summed E-state index contributed by atoms with van der Waals surface area (Å²) in [4.78, 5) is 7.07. The standard InChI is InChI=1S/C40H50S5/c1-36(2,3)41-26-16-22-28(43-38(7,8)9)18-24-30(45-40(13,14)15)20-25-29(44-39(10,11)12)19-23-27(42-37(4,5)6)17-21(26)31-32(22)34(24)35(25)33(23)31/h16-20H,1-15H3. The third-order valence-corrected chi connectivity index (χ3v) is 13.2. The summed E-state index contributed by atoms with van der Waals surface area (Å²) >= 11 is 10.1. The summed E-state index contributed by atoms with van der Waals surface area (Å²) in [5.41, 5.74) is 0. The van der Waals surface area contributed by atoms with Crippen molar-refractivity contribution in [2.45, 2.75) is 152 Å². The molecule has 0 fully saturated rings. The lowest BCUT2D eigenvalue weighted by atomic mass is 9.99. The fraction of sp³-hybridized carbons (Fsp3) is 0.500. The van der Waals surface area contributed by atoms with Crippen molar-refractivity contribution >= 4 is 113 Å². The maximum absolute atomic E-state index is 2.56. The third kappa shape index (κ3) is 6.74. The monoisotopic (exact) mass is 690 g/mol. The van der Waals surface area contributed by atoms with Crippen LogP contribution in [0.25, 0.3) is 53.9 Å². The van der Waals surface area contributed by atoms with Gasteiger partial charge < -0.3 is 0 Å². The van der Waals surface area contributed by atoms with Crippen LogP contribution in [0.3, 0.4) is 0 Å². The molecule has 6 aromatic carbocycles. The van der Waals surface area contributed by atoms with Crippen molar-refractivity contribution in [2.75, 3.05) is 0 Å². The Hall–Kier alpha value is -0.850. The van der Waals surface area contributed by atoms with Gasteiger partial charge in [0, 0.05) is 48.2 Å². The fourth-order valence-electron chi connectivity index (χ4n) is 6.42. The molecule has 5 heteroatoms. The van der Waals surface area contributed by atoms with Crippen molar-refractivity contribution in [3.8, 4) is 0 Å². The summed E-state index contributed by atoms with van der Waals surface area (Å²) in [6.07, 6.45) is 0. The van der Waals surface area contributed by atoms with Gasteiger partial charge in [0.25, 0.3) is 0 Å². The van der Waals surface area contributed by atoms with Crippen molar-refractivity contribution in [1.29, 1.82) is 0 Å². The van der Waals surface area contributed by atoms with Crippen molar-refractivity contribution in [1.82, 2.24) is 0 Å². The smallest absolute Gasteiger partial charge is 0.0163 e. The largest absolute Gasteiger partial charge is 0.120 e. The lowest BCUT2D eigenvalue weighted by Crippen LogP contribution is -2.08. The summed E-state index contributed by atoms with van der Waals surface area (Å²) in [5, 5.41) is 14.6. The predicted octanol–water partition coefficient (Wildman–Crippen LogP) is 15.2. The minimum absolute atomic E-state index is 0.105. The second-order valence-electron chi connectivity index (χ2n) is 17.6. The van der Waals surface area contributed by atoms with Crippen LogP contribution in [-0.2, 0) is 0 Å². The van der Waals surface area contributed by atoms with Crippen LogP contribution in [0.4, 0.5) is 0 Å². The molecule has 0 aliphatic rings. The minimum Gasteiger partial charge on any atom is -0.120 e. The first kappa shape index (κ1) is 34.0. The van der Waals surface area contributed by atoms with Gasteiger partial charge in [0.1, 0.15) is 0 Å². The Balaban J connectivity index is 1.91. The molecule has 0 atom stereocenters. The number of thioether (sulfide) groups is 5. The molecule has 0 saturated heterocycles. The topological polar surface area (TPSA) is 0 Å². The van der Waals surface area contributed by atoms with Crippen LogP contribution in [0.1, 0.15) is 104 Å². The van der Waals surface area contributed by atoms with E-state index in [1.807, 2.05) is 58.8 Å². The fourth-order valence-corrected chi connectivity index (χ4v) is 12.0. The molecule has 0 aromatic heterocycles. The Morgan fingerprint density at radius 1 is 0.267 bits per heavy atom. The molecular weight excluding hydrogens is 641 g/mol. The van der Waals surface area contributed by atoms with Gasteiger partial charge in [-0.05, 0) is 84.2 Å². The average molecular weight is 691 g/mol. The molecule has 240 valence electrons. The minimum atomic E-state index is 0.105. The third-order valence-electron chi connectivity index (χ3n) is 7.38. The van der Waals surface area contributed by atoms with E-state index in [-0.39, 0.29) is 23.7 Å². The molecule has 6 rings (SSSR count). The maximum atomic E-state index is 2.56. The normalized spacial score (nSPS) is 14.6. The summed E-state index contributed by atoms with van der Waals surface area (Å²) in [5.74, 6) is 0. The molecule has 0 spiro atoms. The SMILES string of the molecule is CC(C)(C)Sc1cc2c(SC(C)(C)C)cc3c(SC(C)(C)C)cc4c(SC(C)(C)C)cc5c(SC(C)(C)C)cc1c1c5c4c3c21. The molecule has 6 aromatic rings. The Morgan fingerprint density at radius 3 is 0.511 bits per heavy atom. The summed E-state index contributed by atoms with van der Waals surface area (Å²) in [6.45, 7) is 35.3. The van der Waals surface area contributed by atoms with Crippen LogP contribution >= 0.6 is 58.8 Å². The molecule has 0 unspecified atom stereocenters. The van der Waals surface area contributed by atoms with Gasteiger partial charge in [-0.3, -0.25) is 0 Å². The lowest BCUT2D eigenvalue weighted by molar-refractivity contribution is 0.802. The van der Waals surface area contributed by atoms with Gasteiger partial charge in [-0.2, -0.15) is 0 Å². The van der Waals surface area contributed by atoms with E-state index < -0.39 is 0 Å². The average Bonchev–Trinajstić information content (AvgIpc) is 3.15. The Kier molecular flexibility index (Phi) is 8.19. The highest BCUT2D eigenvalue weighted by molar-refractivity contribution is 8.02. The predicted molar refractivity (Wildman–Crippen MR) is 216 cm³/mol. The van der Waals surface area contributed by atoms with E-state index in [2.05, 4.69) is 134 Å². The first-order valence-electron chi connectivity index (χ1n) is 16.2. The molecule has 0 N–H and O–H groups in total. The van der Waals surface area contributed by atoms with Gasteiger partial charge in [-0.15, -0.1) is 58.8 Å². The lowest BCUT2D eigenvalue weighted by Gasteiger charge is -2.24. The van der Waals surface area contributed by atoms with Crippen LogP contribution in [0, 0.1) is 0 Å². The zero-order chi connectivity index (χ0) is 33.2. The summed E-state index contributed by atoms with van der Waals surface area (Å²) in [7, 11) is 0. The Morgan fingerprint density at radius 2 is 0.400 bits per heavy atom. The number of hydrogen-bond acceptors (Lipinski definition) is 5. The van der Waals surface area contributed by atoms with E-state index in [1.165, 1.54) is 78.3 Å². The molecule has 0 amide bonds. The first-order chi connectivity index (χ1) is 20.4. The molecule has 0 bridgehead atoms. The summed E-state index contributed by atoms with van der Waals surface area (Å²) in [6, 6.07) is 12.8. The van der Waals surface area contributed by atoms with Crippen LogP contribution in [0.2, 0.25) is 0 Å². The van der Waals surface area contributed by atoms with E-state index in [0.717, 1.165) is 0 Å². The molecule has 0 radical (unpaired) electrons.